The second-order valence-electron chi connectivity index (χ2n) is 3.39. The molecule has 92 valence electrons. The summed E-state index contributed by atoms with van der Waals surface area (Å²) in [6.45, 7) is 1.79. The summed E-state index contributed by atoms with van der Waals surface area (Å²) in [6.07, 6.45) is 1.07. The highest BCUT2D eigenvalue weighted by Crippen LogP contribution is 2.25. The van der Waals surface area contributed by atoms with Gasteiger partial charge >= 0.3 is 0 Å². The second-order valence-corrected chi connectivity index (χ2v) is 5.24. The van der Waals surface area contributed by atoms with Crippen molar-refractivity contribution in [2.45, 2.75) is 17.1 Å². The minimum atomic E-state index is -0.265. The van der Waals surface area contributed by atoms with Crippen molar-refractivity contribution in [2.24, 2.45) is 5.16 Å². The van der Waals surface area contributed by atoms with E-state index in [1.807, 2.05) is 12.1 Å². The Labute approximate surface area is 109 Å². The van der Waals surface area contributed by atoms with Crippen LogP contribution in [0.2, 0.25) is 5.02 Å². The first kappa shape index (κ1) is 13.9. The smallest absolute Gasteiger partial charge is 0.240 e. The zero-order valence-electron chi connectivity index (χ0n) is 9.50. The number of rotatable bonds is 4. The summed E-state index contributed by atoms with van der Waals surface area (Å²) in [5.74, 6) is -0.136. The van der Waals surface area contributed by atoms with Gasteiger partial charge in [0.15, 0.2) is 0 Å². The molecule has 1 unspecified atom stereocenters. The molecule has 1 aromatic rings. The van der Waals surface area contributed by atoms with Crippen LogP contribution in [0.3, 0.4) is 0 Å². The molecule has 1 rings (SSSR count). The molecule has 17 heavy (non-hydrogen) atoms. The maximum atomic E-state index is 11.8. The zero-order chi connectivity index (χ0) is 12.8. The molecule has 4 nitrogen and oxygen atoms in total. The highest BCUT2D eigenvalue weighted by Gasteiger charge is 2.17. The quantitative estimate of drug-likeness (QED) is 0.301. The fourth-order valence-electron chi connectivity index (χ4n) is 1.19. The maximum absolute atomic E-state index is 11.8. The van der Waals surface area contributed by atoms with Gasteiger partial charge in [0, 0.05) is 17.0 Å². The Hall–Kier alpha value is -1.20. The number of hydrogen-bond acceptors (Lipinski definition) is 4. The highest BCUT2D eigenvalue weighted by molar-refractivity contribution is 8.00. The molecule has 0 saturated carbocycles. The predicted molar refractivity (Wildman–Crippen MR) is 69.8 cm³/mol. The van der Waals surface area contributed by atoms with Crippen LogP contribution in [0.5, 0.6) is 0 Å². The molecule has 0 radical (unpaired) electrons. The molecular weight excluding hydrogens is 260 g/mol. The van der Waals surface area contributed by atoms with Crippen LogP contribution in [-0.4, -0.2) is 34.7 Å². The van der Waals surface area contributed by atoms with Crippen LogP contribution in [0.25, 0.3) is 0 Å². The van der Waals surface area contributed by atoms with Gasteiger partial charge in [0.2, 0.25) is 5.91 Å². The molecule has 0 bridgehead atoms. The predicted octanol–water partition coefficient (Wildman–Crippen LogP) is 2.70. The van der Waals surface area contributed by atoms with Gasteiger partial charge in [0.05, 0.1) is 5.25 Å². The zero-order valence-corrected chi connectivity index (χ0v) is 11.1. The molecule has 0 aromatic heterocycles. The van der Waals surface area contributed by atoms with Crippen LogP contribution < -0.4 is 0 Å². The van der Waals surface area contributed by atoms with Crippen LogP contribution in [0.4, 0.5) is 0 Å². The van der Waals surface area contributed by atoms with E-state index >= 15 is 0 Å². The lowest BCUT2D eigenvalue weighted by molar-refractivity contribution is -0.125. The van der Waals surface area contributed by atoms with Crippen LogP contribution >= 0.6 is 23.4 Å². The Morgan fingerprint density at radius 1 is 1.53 bits per heavy atom. The van der Waals surface area contributed by atoms with Crippen molar-refractivity contribution >= 4 is 35.6 Å². The van der Waals surface area contributed by atoms with E-state index in [1.54, 1.807) is 26.1 Å². The van der Waals surface area contributed by atoms with Gasteiger partial charge in [0.25, 0.3) is 0 Å². The average molecular weight is 273 g/mol. The number of nitrogens with zero attached hydrogens (tertiary/aromatic N) is 2. The maximum Gasteiger partial charge on any atom is 0.240 e. The van der Waals surface area contributed by atoms with Crippen LogP contribution in [0, 0.1) is 0 Å². The fraction of sp³-hybridized carbons (Fsp3) is 0.273. The molecule has 1 atom stereocenters. The molecule has 0 aliphatic rings. The number of halogens is 1. The number of benzene rings is 1. The van der Waals surface area contributed by atoms with Gasteiger partial charge in [0.1, 0.15) is 6.34 Å². The Bertz CT molecular complexity index is 408. The first-order chi connectivity index (χ1) is 8.04. The van der Waals surface area contributed by atoms with Crippen LogP contribution in [0.1, 0.15) is 6.92 Å². The number of oxime groups is 1. The van der Waals surface area contributed by atoms with E-state index in [1.165, 1.54) is 16.7 Å². The van der Waals surface area contributed by atoms with E-state index in [2.05, 4.69) is 5.16 Å². The first-order valence-corrected chi connectivity index (χ1v) is 6.17. The average Bonchev–Trinajstić information content (AvgIpc) is 2.31. The molecule has 1 aromatic carbocycles. The van der Waals surface area contributed by atoms with Crippen molar-refractivity contribution in [3.63, 3.8) is 0 Å². The minimum Gasteiger partial charge on any atom is -0.410 e. The standard InChI is InChI=1S/C11H13ClN2O2S/c1-8(11(15)14(2)7-13-16)17-10-5-3-9(12)4-6-10/h3-8,16H,1-2H3. The van der Waals surface area contributed by atoms with Crippen molar-refractivity contribution in [2.75, 3.05) is 7.05 Å². The Morgan fingerprint density at radius 2 is 2.12 bits per heavy atom. The number of thioether (sulfide) groups is 1. The number of carbonyl (C=O) groups excluding carboxylic acids is 1. The SMILES string of the molecule is CC(Sc1ccc(Cl)cc1)C(=O)N(C)C=NO. The summed E-state index contributed by atoms with van der Waals surface area (Å²) in [5.41, 5.74) is 0. The molecule has 0 aliphatic heterocycles. The van der Waals surface area contributed by atoms with Gasteiger partial charge < -0.3 is 10.1 Å². The Morgan fingerprint density at radius 3 is 2.65 bits per heavy atom. The molecular formula is C11H13ClN2O2S. The van der Waals surface area contributed by atoms with E-state index in [4.69, 9.17) is 16.8 Å². The Kier molecular flexibility index (Phi) is 5.31. The van der Waals surface area contributed by atoms with Gasteiger partial charge in [-0.15, -0.1) is 11.8 Å². The topological polar surface area (TPSA) is 52.9 Å². The molecule has 0 saturated heterocycles. The second kappa shape index (κ2) is 6.51. The molecule has 6 heteroatoms. The van der Waals surface area contributed by atoms with E-state index in [0.29, 0.717) is 5.02 Å². The highest BCUT2D eigenvalue weighted by atomic mass is 35.5. The summed E-state index contributed by atoms with van der Waals surface area (Å²) in [7, 11) is 1.54. The lowest BCUT2D eigenvalue weighted by Crippen LogP contribution is -2.32. The van der Waals surface area contributed by atoms with Crippen LogP contribution in [0.15, 0.2) is 34.3 Å². The van der Waals surface area contributed by atoms with Gasteiger partial charge in [-0.1, -0.05) is 16.8 Å². The molecule has 0 aliphatic carbocycles. The van der Waals surface area contributed by atoms with Gasteiger partial charge in [-0.05, 0) is 31.2 Å². The van der Waals surface area contributed by atoms with Gasteiger partial charge in [-0.3, -0.25) is 4.79 Å². The summed E-state index contributed by atoms with van der Waals surface area (Å²) < 4.78 is 0. The van der Waals surface area contributed by atoms with E-state index < -0.39 is 0 Å². The number of hydrogen-bond donors (Lipinski definition) is 1. The summed E-state index contributed by atoms with van der Waals surface area (Å²) in [4.78, 5) is 14.0. The van der Waals surface area contributed by atoms with Crippen molar-refractivity contribution in [3.8, 4) is 0 Å². The molecule has 0 spiro atoms. The van der Waals surface area contributed by atoms with Crippen molar-refractivity contribution in [1.82, 2.24) is 4.90 Å². The number of carbonyl (C=O) groups is 1. The Balaban J connectivity index is 2.62. The fourth-order valence-corrected chi connectivity index (χ4v) is 2.28. The molecule has 0 heterocycles. The van der Waals surface area contributed by atoms with Crippen molar-refractivity contribution < 1.29 is 10.0 Å². The molecule has 1 amide bonds. The summed E-state index contributed by atoms with van der Waals surface area (Å²) >= 11 is 7.19. The third-order valence-corrected chi connectivity index (χ3v) is 3.40. The van der Waals surface area contributed by atoms with E-state index in [0.717, 1.165) is 11.2 Å². The summed E-state index contributed by atoms with van der Waals surface area (Å²) in [5, 5.41) is 11.6. The lowest BCUT2D eigenvalue weighted by Gasteiger charge is -2.16. The van der Waals surface area contributed by atoms with E-state index in [-0.39, 0.29) is 11.2 Å². The van der Waals surface area contributed by atoms with Crippen molar-refractivity contribution in [3.05, 3.63) is 29.3 Å². The molecule has 0 fully saturated rings. The third kappa shape index (κ3) is 4.28. The number of amides is 1. The van der Waals surface area contributed by atoms with Gasteiger partial charge in [-0.2, -0.15) is 0 Å². The summed E-state index contributed by atoms with van der Waals surface area (Å²) in [6, 6.07) is 7.27. The normalized spacial score (nSPS) is 12.6. The minimum absolute atomic E-state index is 0.136. The van der Waals surface area contributed by atoms with Gasteiger partial charge in [-0.25, -0.2) is 0 Å². The monoisotopic (exact) mass is 272 g/mol. The van der Waals surface area contributed by atoms with E-state index in [9.17, 15) is 4.79 Å². The van der Waals surface area contributed by atoms with Crippen molar-refractivity contribution in [1.29, 1.82) is 0 Å². The molecule has 1 N–H and O–H groups in total. The first-order valence-electron chi connectivity index (χ1n) is 4.91. The van der Waals surface area contributed by atoms with Crippen LogP contribution in [-0.2, 0) is 4.79 Å². The lowest BCUT2D eigenvalue weighted by atomic mass is 10.4. The largest absolute Gasteiger partial charge is 0.410 e. The third-order valence-electron chi connectivity index (χ3n) is 2.05.